The number of hydrogen-bond donors (Lipinski definition) is 2. The highest BCUT2D eigenvalue weighted by Crippen LogP contribution is 2.46. The van der Waals surface area contributed by atoms with Crippen LogP contribution in [0.15, 0.2) is 48.5 Å². The SMILES string of the molecule is O=C(N[C@@H](C(=O)O)C1c2ccccc2-c2ccccc21)[C@H]1CCCO1. The third-order valence-corrected chi connectivity index (χ3v) is 5.00. The molecule has 5 heteroatoms. The predicted octanol–water partition coefficient (Wildman–Crippen LogP) is 2.55. The molecule has 5 nitrogen and oxygen atoms in total. The first-order valence-corrected chi connectivity index (χ1v) is 8.50. The minimum atomic E-state index is -1.04. The van der Waals surface area contributed by atoms with Crippen molar-refractivity contribution in [2.24, 2.45) is 0 Å². The lowest BCUT2D eigenvalue weighted by atomic mass is 9.89. The van der Waals surface area contributed by atoms with E-state index in [9.17, 15) is 14.7 Å². The van der Waals surface area contributed by atoms with Gasteiger partial charge in [0.25, 0.3) is 0 Å². The van der Waals surface area contributed by atoms with Crippen LogP contribution in [-0.2, 0) is 14.3 Å². The second-order valence-corrected chi connectivity index (χ2v) is 6.48. The number of ether oxygens (including phenoxy) is 1. The van der Waals surface area contributed by atoms with Gasteiger partial charge in [-0.15, -0.1) is 0 Å². The molecular formula is C20H19NO4. The van der Waals surface area contributed by atoms with Gasteiger partial charge in [0.1, 0.15) is 12.1 Å². The number of carboxylic acids is 1. The zero-order valence-electron chi connectivity index (χ0n) is 13.6. The summed E-state index contributed by atoms with van der Waals surface area (Å²) in [4.78, 5) is 24.4. The molecule has 2 aromatic rings. The van der Waals surface area contributed by atoms with Gasteiger partial charge in [-0.05, 0) is 35.1 Å². The van der Waals surface area contributed by atoms with E-state index >= 15 is 0 Å². The summed E-state index contributed by atoms with van der Waals surface area (Å²) in [6.07, 6.45) is 0.912. The fourth-order valence-electron chi connectivity index (χ4n) is 3.87. The Morgan fingerprint density at radius 3 is 2.16 bits per heavy atom. The number of rotatable bonds is 4. The number of amides is 1. The van der Waals surface area contributed by atoms with Gasteiger partial charge in [-0.25, -0.2) is 4.79 Å². The van der Waals surface area contributed by atoms with E-state index in [1.807, 2.05) is 48.5 Å². The zero-order valence-corrected chi connectivity index (χ0v) is 13.6. The molecule has 2 aromatic carbocycles. The summed E-state index contributed by atoms with van der Waals surface area (Å²) in [5, 5.41) is 12.5. The average molecular weight is 337 g/mol. The summed E-state index contributed by atoms with van der Waals surface area (Å²) in [5.41, 5.74) is 3.92. The molecule has 0 saturated carbocycles. The lowest BCUT2D eigenvalue weighted by molar-refractivity contribution is -0.144. The second kappa shape index (κ2) is 6.33. The molecule has 4 rings (SSSR count). The monoisotopic (exact) mass is 337 g/mol. The summed E-state index contributed by atoms with van der Waals surface area (Å²) in [7, 11) is 0. The van der Waals surface area contributed by atoms with Crippen LogP contribution in [0, 0.1) is 0 Å². The number of aliphatic carboxylic acids is 1. The Balaban J connectivity index is 1.72. The minimum absolute atomic E-state index is 0.341. The fraction of sp³-hybridized carbons (Fsp3) is 0.300. The molecule has 0 spiro atoms. The summed E-state index contributed by atoms with van der Waals surface area (Å²) in [6.45, 7) is 0.547. The molecule has 1 aliphatic heterocycles. The summed E-state index contributed by atoms with van der Waals surface area (Å²) in [5.74, 6) is -1.79. The van der Waals surface area contributed by atoms with E-state index in [1.165, 1.54) is 0 Å². The Morgan fingerprint density at radius 2 is 1.64 bits per heavy atom. The minimum Gasteiger partial charge on any atom is -0.480 e. The predicted molar refractivity (Wildman–Crippen MR) is 92.3 cm³/mol. The quantitative estimate of drug-likeness (QED) is 0.899. The Labute approximate surface area is 145 Å². The standard InChI is InChI=1S/C20H19NO4/c22-19(16-10-5-11-25-16)21-18(20(23)24)17-14-8-3-1-6-12(14)13-7-2-4-9-15(13)17/h1-4,6-9,16-18H,5,10-11H2,(H,21,22)(H,23,24)/t16-,18-/m1/s1. The molecule has 25 heavy (non-hydrogen) atoms. The highest BCUT2D eigenvalue weighted by molar-refractivity contribution is 5.90. The molecule has 0 radical (unpaired) electrons. The van der Waals surface area contributed by atoms with Crippen LogP contribution < -0.4 is 5.32 Å². The summed E-state index contributed by atoms with van der Waals surface area (Å²) < 4.78 is 5.39. The third-order valence-electron chi connectivity index (χ3n) is 5.00. The number of nitrogens with one attached hydrogen (secondary N) is 1. The molecule has 1 fully saturated rings. The normalized spacial score (nSPS) is 19.9. The molecule has 0 aromatic heterocycles. The highest BCUT2D eigenvalue weighted by atomic mass is 16.5. The largest absolute Gasteiger partial charge is 0.480 e. The first-order valence-electron chi connectivity index (χ1n) is 8.50. The highest BCUT2D eigenvalue weighted by Gasteiger charge is 2.40. The fourth-order valence-corrected chi connectivity index (χ4v) is 3.87. The Morgan fingerprint density at radius 1 is 1.04 bits per heavy atom. The van der Waals surface area contributed by atoms with Gasteiger partial charge in [0.05, 0.1) is 0 Å². The first-order chi connectivity index (χ1) is 12.2. The maximum absolute atomic E-state index is 12.4. The van der Waals surface area contributed by atoms with E-state index in [2.05, 4.69) is 5.32 Å². The van der Waals surface area contributed by atoms with Crippen molar-refractivity contribution in [1.82, 2.24) is 5.32 Å². The molecule has 128 valence electrons. The van der Waals surface area contributed by atoms with Crippen molar-refractivity contribution in [3.63, 3.8) is 0 Å². The topological polar surface area (TPSA) is 75.6 Å². The van der Waals surface area contributed by atoms with Crippen molar-refractivity contribution in [3.8, 4) is 11.1 Å². The van der Waals surface area contributed by atoms with Gasteiger partial charge in [-0.3, -0.25) is 4.79 Å². The number of hydrogen-bond acceptors (Lipinski definition) is 3. The number of carboxylic acid groups (broad SMARTS) is 1. The molecule has 1 amide bonds. The van der Waals surface area contributed by atoms with Gasteiger partial charge in [0.15, 0.2) is 0 Å². The van der Waals surface area contributed by atoms with Crippen molar-refractivity contribution < 1.29 is 19.4 Å². The van der Waals surface area contributed by atoms with E-state index < -0.39 is 24.0 Å². The number of benzene rings is 2. The molecule has 2 atom stereocenters. The lowest BCUT2D eigenvalue weighted by Gasteiger charge is -2.24. The first kappa shape index (κ1) is 15.8. The van der Waals surface area contributed by atoms with Crippen molar-refractivity contribution in [1.29, 1.82) is 0 Å². The van der Waals surface area contributed by atoms with E-state index in [1.54, 1.807) is 0 Å². The Kier molecular flexibility index (Phi) is 4.01. The van der Waals surface area contributed by atoms with Gasteiger partial charge < -0.3 is 15.2 Å². The van der Waals surface area contributed by atoms with Crippen molar-refractivity contribution in [2.45, 2.75) is 30.9 Å². The van der Waals surface area contributed by atoms with Crippen LogP contribution in [0.1, 0.15) is 29.9 Å². The van der Waals surface area contributed by atoms with Crippen LogP contribution >= 0.6 is 0 Å². The van der Waals surface area contributed by atoms with Gasteiger partial charge in [0.2, 0.25) is 5.91 Å². The maximum Gasteiger partial charge on any atom is 0.327 e. The van der Waals surface area contributed by atoms with Crippen LogP contribution in [-0.4, -0.2) is 35.7 Å². The second-order valence-electron chi connectivity index (χ2n) is 6.48. The Bertz CT molecular complexity index is 780. The van der Waals surface area contributed by atoms with Gasteiger partial charge in [-0.1, -0.05) is 48.5 Å². The van der Waals surface area contributed by atoms with Gasteiger partial charge in [0, 0.05) is 12.5 Å². The maximum atomic E-state index is 12.4. The van der Waals surface area contributed by atoms with Crippen LogP contribution in [0.5, 0.6) is 0 Å². The van der Waals surface area contributed by atoms with E-state index in [0.29, 0.717) is 13.0 Å². The molecule has 2 aliphatic rings. The molecule has 1 saturated heterocycles. The molecule has 2 N–H and O–H groups in total. The van der Waals surface area contributed by atoms with Crippen LogP contribution in [0.4, 0.5) is 0 Å². The molecule has 1 heterocycles. The third kappa shape index (κ3) is 2.70. The van der Waals surface area contributed by atoms with Crippen LogP contribution in [0.3, 0.4) is 0 Å². The van der Waals surface area contributed by atoms with E-state index in [0.717, 1.165) is 28.7 Å². The number of fused-ring (bicyclic) bond motifs is 3. The smallest absolute Gasteiger partial charge is 0.327 e. The molecule has 0 bridgehead atoms. The number of carbonyl (C=O) groups is 2. The Hall–Kier alpha value is -2.66. The van der Waals surface area contributed by atoms with Crippen molar-refractivity contribution in [3.05, 3.63) is 59.7 Å². The van der Waals surface area contributed by atoms with Gasteiger partial charge in [-0.2, -0.15) is 0 Å². The average Bonchev–Trinajstić information content (AvgIpc) is 3.26. The van der Waals surface area contributed by atoms with Crippen molar-refractivity contribution >= 4 is 11.9 Å². The van der Waals surface area contributed by atoms with Crippen LogP contribution in [0.2, 0.25) is 0 Å². The van der Waals surface area contributed by atoms with E-state index in [4.69, 9.17) is 4.74 Å². The molecule has 0 unspecified atom stereocenters. The zero-order chi connectivity index (χ0) is 17.4. The van der Waals surface area contributed by atoms with Crippen molar-refractivity contribution in [2.75, 3.05) is 6.61 Å². The molecular weight excluding hydrogens is 318 g/mol. The lowest BCUT2D eigenvalue weighted by Crippen LogP contribution is -2.48. The van der Waals surface area contributed by atoms with Crippen LogP contribution in [0.25, 0.3) is 11.1 Å². The summed E-state index contributed by atoms with van der Waals surface area (Å²) >= 11 is 0. The molecule has 1 aliphatic carbocycles. The van der Waals surface area contributed by atoms with E-state index in [-0.39, 0.29) is 5.91 Å². The number of carbonyl (C=O) groups excluding carboxylic acids is 1. The van der Waals surface area contributed by atoms with Gasteiger partial charge >= 0.3 is 5.97 Å². The summed E-state index contributed by atoms with van der Waals surface area (Å²) in [6, 6.07) is 14.5.